The van der Waals surface area contributed by atoms with Crippen molar-refractivity contribution in [3.63, 3.8) is 0 Å². The van der Waals surface area contributed by atoms with Crippen LogP contribution in [0, 0.1) is 5.41 Å². The predicted molar refractivity (Wildman–Crippen MR) is 91.8 cm³/mol. The fourth-order valence-corrected chi connectivity index (χ4v) is 3.54. The number of halogens is 4. The first-order chi connectivity index (χ1) is 12.2. The van der Waals surface area contributed by atoms with Crippen molar-refractivity contribution in [2.75, 3.05) is 18.4 Å². The van der Waals surface area contributed by atoms with Crippen LogP contribution < -0.4 is 5.32 Å². The van der Waals surface area contributed by atoms with Crippen LogP contribution in [0.5, 0.6) is 0 Å². The molecule has 2 amide bonds. The van der Waals surface area contributed by atoms with Crippen LogP contribution in [-0.2, 0) is 15.8 Å². The number of carbonyl (C=O) groups is 2. The second kappa shape index (κ2) is 7.10. The van der Waals surface area contributed by atoms with Gasteiger partial charge in [0.2, 0.25) is 11.8 Å². The first-order valence-electron chi connectivity index (χ1n) is 8.72. The van der Waals surface area contributed by atoms with Crippen molar-refractivity contribution in [2.24, 2.45) is 5.41 Å². The van der Waals surface area contributed by atoms with Gasteiger partial charge in [-0.2, -0.15) is 13.2 Å². The first-order valence-corrected chi connectivity index (χ1v) is 9.09. The van der Waals surface area contributed by atoms with Crippen LogP contribution in [0.25, 0.3) is 0 Å². The molecule has 1 aromatic rings. The van der Waals surface area contributed by atoms with E-state index in [1.807, 2.05) is 0 Å². The molecule has 3 rings (SSSR count). The lowest BCUT2D eigenvalue weighted by Gasteiger charge is -2.25. The van der Waals surface area contributed by atoms with Crippen molar-refractivity contribution in [2.45, 2.75) is 44.7 Å². The number of alkyl halides is 3. The lowest BCUT2D eigenvalue weighted by molar-refractivity contribution is -0.142. The zero-order chi connectivity index (χ0) is 18.9. The van der Waals surface area contributed by atoms with E-state index in [0.717, 1.165) is 37.8 Å². The summed E-state index contributed by atoms with van der Waals surface area (Å²) in [5.74, 6) is -0.746. The Kier molecular flexibility index (Phi) is 5.19. The van der Waals surface area contributed by atoms with Crippen molar-refractivity contribution in [3.8, 4) is 0 Å². The molecule has 1 saturated carbocycles. The van der Waals surface area contributed by atoms with Crippen LogP contribution >= 0.6 is 11.6 Å². The normalized spacial score (nSPS) is 19.6. The third-order valence-electron chi connectivity index (χ3n) is 5.02. The molecule has 1 N–H and O–H groups in total. The van der Waals surface area contributed by atoms with Crippen molar-refractivity contribution in [3.05, 3.63) is 28.8 Å². The third-order valence-corrected chi connectivity index (χ3v) is 5.35. The zero-order valence-electron chi connectivity index (χ0n) is 14.2. The summed E-state index contributed by atoms with van der Waals surface area (Å²) >= 11 is 5.59. The standard InChI is InChI=1S/C18H20ClF3N2O2/c19-14-6-5-12(11-13(14)18(20,21)22)23-15(25)17(7-8-17)16(26)24-9-3-1-2-4-10-24/h5-6,11H,1-4,7-10H2,(H,23,25). The number of nitrogens with zero attached hydrogens (tertiary/aromatic N) is 1. The number of hydrogen-bond acceptors (Lipinski definition) is 2. The molecular weight excluding hydrogens is 369 g/mol. The minimum atomic E-state index is -4.61. The zero-order valence-corrected chi connectivity index (χ0v) is 14.9. The minimum absolute atomic E-state index is 0.0123. The smallest absolute Gasteiger partial charge is 0.342 e. The quantitative estimate of drug-likeness (QED) is 0.776. The Bertz CT molecular complexity index is 709. The molecule has 1 aliphatic carbocycles. The van der Waals surface area contributed by atoms with Crippen molar-refractivity contribution < 1.29 is 22.8 Å². The summed E-state index contributed by atoms with van der Waals surface area (Å²) in [6.45, 7) is 1.26. The second-order valence-corrected chi connectivity index (χ2v) is 7.34. The first kappa shape index (κ1) is 19.0. The van der Waals surface area contributed by atoms with Gasteiger partial charge in [-0.05, 0) is 43.9 Å². The van der Waals surface area contributed by atoms with Gasteiger partial charge in [-0.1, -0.05) is 24.4 Å². The van der Waals surface area contributed by atoms with E-state index < -0.39 is 28.1 Å². The number of likely N-dealkylation sites (tertiary alicyclic amines) is 1. The number of hydrogen-bond donors (Lipinski definition) is 1. The van der Waals surface area contributed by atoms with E-state index in [1.54, 1.807) is 4.90 Å². The van der Waals surface area contributed by atoms with Gasteiger partial charge in [0.1, 0.15) is 5.41 Å². The van der Waals surface area contributed by atoms with Gasteiger partial charge in [-0.3, -0.25) is 9.59 Å². The molecule has 1 aromatic carbocycles. The maximum atomic E-state index is 13.0. The molecule has 8 heteroatoms. The van der Waals surface area contributed by atoms with Gasteiger partial charge in [0.05, 0.1) is 10.6 Å². The summed E-state index contributed by atoms with van der Waals surface area (Å²) in [6.07, 6.45) is 0.186. The molecule has 26 heavy (non-hydrogen) atoms. The molecule has 0 unspecified atom stereocenters. The minimum Gasteiger partial charge on any atom is -0.342 e. The van der Waals surface area contributed by atoms with Gasteiger partial charge in [-0.15, -0.1) is 0 Å². The van der Waals surface area contributed by atoms with Crippen LogP contribution in [0.4, 0.5) is 18.9 Å². The molecule has 0 spiro atoms. The molecule has 2 fully saturated rings. The van der Waals surface area contributed by atoms with E-state index in [2.05, 4.69) is 5.32 Å². The maximum Gasteiger partial charge on any atom is 0.417 e. The molecule has 0 aromatic heterocycles. The summed E-state index contributed by atoms with van der Waals surface area (Å²) in [6, 6.07) is 3.20. The number of carbonyl (C=O) groups excluding carboxylic acids is 2. The van der Waals surface area contributed by atoms with Gasteiger partial charge < -0.3 is 10.2 Å². The number of nitrogens with one attached hydrogen (secondary N) is 1. The Labute approximate surface area is 154 Å². The number of benzene rings is 1. The summed E-state index contributed by atoms with van der Waals surface area (Å²) in [7, 11) is 0. The van der Waals surface area contributed by atoms with E-state index in [1.165, 1.54) is 6.07 Å². The average molecular weight is 389 g/mol. The van der Waals surface area contributed by atoms with Crippen LogP contribution in [0.1, 0.15) is 44.1 Å². The van der Waals surface area contributed by atoms with Crippen LogP contribution in [0.3, 0.4) is 0 Å². The Balaban J connectivity index is 1.74. The number of amides is 2. The van der Waals surface area contributed by atoms with Crippen LogP contribution in [0.2, 0.25) is 5.02 Å². The van der Waals surface area contributed by atoms with Crippen molar-refractivity contribution in [1.29, 1.82) is 0 Å². The van der Waals surface area contributed by atoms with Gasteiger partial charge in [0.15, 0.2) is 0 Å². The summed E-state index contributed by atoms with van der Waals surface area (Å²) in [4.78, 5) is 27.2. The van der Waals surface area contributed by atoms with E-state index in [0.29, 0.717) is 25.9 Å². The predicted octanol–water partition coefficient (Wildman–Crippen LogP) is 4.48. The summed E-state index contributed by atoms with van der Waals surface area (Å²) in [5, 5.41) is 2.04. The fourth-order valence-electron chi connectivity index (χ4n) is 3.31. The lowest BCUT2D eigenvalue weighted by atomic mass is 10.0. The molecule has 1 aliphatic heterocycles. The molecule has 4 nitrogen and oxygen atoms in total. The molecule has 1 heterocycles. The largest absolute Gasteiger partial charge is 0.417 e. The van der Waals surface area contributed by atoms with E-state index in [4.69, 9.17) is 11.6 Å². The van der Waals surface area contributed by atoms with Gasteiger partial charge in [-0.25, -0.2) is 0 Å². The van der Waals surface area contributed by atoms with Crippen molar-refractivity contribution >= 4 is 29.1 Å². The molecule has 0 radical (unpaired) electrons. The molecular formula is C18H20ClF3N2O2. The highest BCUT2D eigenvalue weighted by Crippen LogP contribution is 2.48. The fraction of sp³-hybridized carbons (Fsp3) is 0.556. The van der Waals surface area contributed by atoms with E-state index >= 15 is 0 Å². The van der Waals surface area contributed by atoms with Crippen molar-refractivity contribution in [1.82, 2.24) is 4.90 Å². The molecule has 142 valence electrons. The highest BCUT2D eigenvalue weighted by molar-refractivity contribution is 6.31. The monoisotopic (exact) mass is 388 g/mol. The second-order valence-electron chi connectivity index (χ2n) is 6.94. The third kappa shape index (κ3) is 3.82. The highest BCUT2D eigenvalue weighted by Gasteiger charge is 2.58. The van der Waals surface area contributed by atoms with E-state index in [-0.39, 0.29) is 11.6 Å². The topological polar surface area (TPSA) is 49.4 Å². The van der Waals surface area contributed by atoms with Crippen LogP contribution in [0.15, 0.2) is 18.2 Å². The Morgan fingerprint density at radius 1 is 1.08 bits per heavy atom. The lowest BCUT2D eigenvalue weighted by Crippen LogP contribution is -2.43. The SMILES string of the molecule is O=C(Nc1ccc(Cl)c(C(F)(F)F)c1)C1(C(=O)N2CCCCCC2)CC1. The summed E-state index contributed by atoms with van der Waals surface area (Å²) in [5.41, 5.74) is -2.16. The number of rotatable bonds is 3. The average Bonchev–Trinajstić information content (AvgIpc) is 3.40. The van der Waals surface area contributed by atoms with Crippen LogP contribution in [-0.4, -0.2) is 29.8 Å². The Morgan fingerprint density at radius 3 is 2.23 bits per heavy atom. The number of anilines is 1. The molecule has 2 aliphatic rings. The van der Waals surface area contributed by atoms with Gasteiger partial charge in [0, 0.05) is 18.8 Å². The highest BCUT2D eigenvalue weighted by atomic mass is 35.5. The Hall–Kier alpha value is -1.76. The van der Waals surface area contributed by atoms with Gasteiger partial charge >= 0.3 is 6.18 Å². The molecule has 0 atom stereocenters. The van der Waals surface area contributed by atoms with E-state index in [9.17, 15) is 22.8 Å². The molecule has 1 saturated heterocycles. The summed E-state index contributed by atoms with van der Waals surface area (Å²) < 4.78 is 38.9. The Morgan fingerprint density at radius 2 is 1.69 bits per heavy atom. The van der Waals surface area contributed by atoms with Gasteiger partial charge in [0.25, 0.3) is 0 Å². The molecule has 0 bridgehead atoms. The maximum absolute atomic E-state index is 13.0.